The molecule has 1 fully saturated rings. The molecule has 0 unspecified atom stereocenters. The van der Waals surface area contributed by atoms with Gasteiger partial charge in [0.25, 0.3) is 0 Å². The van der Waals surface area contributed by atoms with Crippen LogP contribution >= 0.6 is 0 Å². The normalized spacial score (nSPS) is 15.8. The van der Waals surface area contributed by atoms with Crippen LogP contribution in [0.5, 0.6) is 0 Å². The molecule has 0 spiro atoms. The molecule has 1 aromatic carbocycles. The molecule has 0 aromatic heterocycles. The zero-order valence-corrected chi connectivity index (χ0v) is 16.5. The van der Waals surface area contributed by atoms with Crippen LogP contribution < -0.4 is 14.9 Å². The van der Waals surface area contributed by atoms with Crippen molar-refractivity contribution in [3.63, 3.8) is 0 Å². The fourth-order valence-electron chi connectivity index (χ4n) is 2.80. The van der Waals surface area contributed by atoms with Crippen molar-refractivity contribution < 1.29 is 22.8 Å². The van der Waals surface area contributed by atoms with Crippen LogP contribution in [0.25, 0.3) is 0 Å². The standard InChI is InChI=1S/C18H29N3O4S/c1-15-5-6-17(14-16(15)2)26(23,24)20-7-3-4-18(22)19-8-9-21-10-12-25-13-11-21/h5-6,14,20H,3-4,7-13H2,1-2H3,(H,19,22)/p+1. The van der Waals surface area contributed by atoms with Gasteiger partial charge in [0.05, 0.1) is 31.2 Å². The highest BCUT2D eigenvalue weighted by Crippen LogP contribution is 2.14. The maximum Gasteiger partial charge on any atom is 0.240 e. The summed E-state index contributed by atoms with van der Waals surface area (Å²) in [6.45, 7) is 9.14. The lowest BCUT2D eigenvalue weighted by molar-refractivity contribution is -0.906. The van der Waals surface area contributed by atoms with Gasteiger partial charge >= 0.3 is 0 Å². The first kappa shape index (κ1) is 20.8. The number of rotatable bonds is 9. The van der Waals surface area contributed by atoms with Gasteiger partial charge in [-0.15, -0.1) is 0 Å². The molecule has 146 valence electrons. The molecule has 3 N–H and O–H groups in total. The average Bonchev–Trinajstić information content (AvgIpc) is 2.62. The predicted molar refractivity (Wildman–Crippen MR) is 99.7 cm³/mol. The van der Waals surface area contributed by atoms with Gasteiger partial charge in [0.1, 0.15) is 13.1 Å². The number of carbonyl (C=O) groups is 1. The van der Waals surface area contributed by atoms with Crippen LogP contribution in [0.3, 0.4) is 0 Å². The minimum Gasteiger partial charge on any atom is -0.370 e. The molecule has 8 heteroatoms. The fourth-order valence-corrected chi connectivity index (χ4v) is 3.96. The molecule has 1 aliphatic rings. The van der Waals surface area contributed by atoms with Crippen molar-refractivity contribution >= 4 is 15.9 Å². The van der Waals surface area contributed by atoms with Crippen LogP contribution in [0, 0.1) is 13.8 Å². The second-order valence-electron chi connectivity index (χ2n) is 6.71. The van der Waals surface area contributed by atoms with Crippen molar-refractivity contribution in [2.45, 2.75) is 31.6 Å². The lowest BCUT2D eigenvalue weighted by Gasteiger charge is -2.23. The van der Waals surface area contributed by atoms with Crippen molar-refractivity contribution in [3.8, 4) is 0 Å². The Bertz CT molecular complexity index is 700. The van der Waals surface area contributed by atoms with E-state index in [9.17, 15) is 13.2 Å². The van der Waals surface area contributed by atoms with E-state index < -0.39 is 10.0 Å². The second kappa shape index (κ2) is 10.0. The molecule has 26 heavy (non-hydrogen) atoms. The molecule has 1 amide bonds. The third-order valence-electron chi connectivity index (χ3n) is 4.66. The Morgan fingerprint density at radius 1 is 1.15 bits per heavy atom. The maximum atomic E-state index is 12.3. The largest absolute Gasteiger partial charge is 0.370 e. The number of ether oxygens (including phenoxy) is 1. The zero-order chi connectivity index (χ0) is 19.0. The minimum atomic E-state index is -3.53. The van der Waals surface area contributed by atoms with E-state index in [0.717, 1.165) is 44.0 Å². The highest BCUT2D eigenvalue weighted by Gasteiger charge is 2.15. The van der Waals surface area contributed by atoms with Crippen molar-refractivity contribution in [1.82, 2.24) is 10.0 Å². The smallest absolute Gasteiger partial charge is 0.240 e. The number of aryl methyl sites for hydroxylation is 2. The summed E-state index contributed by atoms with van der Waals surface area (Å²) in [5, 5.41) is 2.90. The number of benzene rings is 1. The zero-order valence-electron chi connectivity index (χ0n) is 15.6. The van der Waals surface area contributed by atoms with Crippen LogP contribution in [0.15, 0.2) is 23.1 Å². The monoisotopic (exact) mass is 384 g/mol. The van der Waals surface area contributed by atoms with Crippen LogP contribution in [-0.2, 0) is 19.6 Å². The van der Waals surface area contributed by atoms with E-state index in [2.05, 4.69) is 10.0 Å². The first-order valence-electron chi connectivity index (χ1n) is 9.13. The van der Waals surface area contributed by atoms with Crippen molar-refractivity contribution in [3.05, 3.63) is 29.3 Å². The lowest BCUT2D eigenvalue weighted by atomic mass is 10.1. The molecule has 1 aromatic rings. The Kier molecular flexibility index (Phi) is 8.02. The van der Waals surface area contributed by atoms with E-state index in [1.165, 1.54) is 4.90 Å². The van der Waals surface area contributed by atoms with E-state index in [1.54, 1.807) is 18.2 Å². The molecule has 0 radical (unpaired) electrons. The molecular weight excluding hydrogens is 354 g/mol. The van der Waals surface area contributed by atoms with E-state index in [1.807, 2.05) is 13.8 Å². The predicted octanol–water partition coefficient (Wildman–Crippen LogP) is -0.607. The molecular formula is C18H30N3O4S+. The van der Waals surface area contributed by atoms with Gasteiger partial charge < -0.3 is 15.0 Å². The number of amides is 1. The summed E-state index contributed by atoms with van der Waals surface area (Å²) in [5.74, 6) is -0.0389. The summed E-state index contributed by atoms with van der Waals surface area (Å²) in [4.78, 5) is 13.5. The highest BCUT2D eigenvalue weighted by molar-refractivity contribution is 7.89. The summed E-state index contributed by atoms with van der Waals surface area (Å²) in [6.07, 6.45) is 0.786. The number of hydrogen-bond acceptors (Lipinski definition) is 4. The van der Waals surface area contributed by atoms with Gasteiger partial charge in [-0.05, 0) is 43.5 Å². The average molecular weight is 385 g/mol. The lowest BCUT2D eigenvalue weighted by Crippen LogP contribution is -3.14. The topological polar surface area (TPSA) is 88.9 Å². The van der Waals surface area contributed by atoms with Gasteiger partial charge in [-0.1, -0.05) is 6.07 Å². The van der Waals surface area contributed by atoms with Crippen LogP contribution in [0.1, 0.15) is 24.0 Å². The van der Waals surface area contributed by atoms with E-state index in [-0.39, 0.29) is 17.3 Å². The number of carbonyl (C=O) groups excluding carboxylic acids is 1. The van der Waals surface area contributed by atoms with Gasteiger partial charge in [-0.2, -0.15) is 0 Å². The number of nitrogens with one attached hydrogen (secondary N) is 3. The molecule has 1 aliphatic heterocycles. The molecule has 7 nitrogen and oxygen atoms in total. The summed E-state index contributed by atoms with van der Waals surface area (Å²) >= 11 is 0. The third kappa shape index (κ3) is 6.68. The summed E-state index contributed by atoms with van der Waals surface area (Å²) in [5.41, 5.74) is 1.99. The molecule has 1 heterocycles. The number of hydrogen-bond donors (Lipinski definition) is 3. The summed E-state index contributed by atoms with van der Waals surface area (Å²) in [6, 6.07) is 5.07. The molecule has 0 aliphatic carbocycles. The Balaban J connectivity index is 1.64. The first-order chi connectivity index (χ1) is 12.4. The summed E-state index contributed by atoms with van der Waals surface area (Å²) < 4.78 is 32.4. The van der Waals surface area contributed by atoms with E-state index in [4.69, 9.17) is 4.74 Å². The van der Waals surface area contributed by atoms with Crippen molar-refractivity contribution in [2.75, 3.05) is 45.9 Å². The Morgan fingerprint density at radius 3 is 2.58 bits per heavy atom. The quantitative estimate of drug-likeness (QED) is 0.496. The summed E-state index contributed by atoms with van der Waals surface area (Å²) in [7, 11) is -3.53. The Hall–Kier alpha value is -1.48. The van der Waals surface area contributed by atoms with Crippen LogP contribution in [0.2, 0.25) is 0 Å². The van der Waals surface area contributed by atoms with Gasteiger partial charge in [0.15, 0.2) is 0 Å². The van der Waals surface area contributed by atoms with Crippen LogP contribution in [0.4, 0.5) is 0 Å². The Morgan fingerprint density at radius 2 is 1.88 bits per heavy atom. The number of quaternary nitrogens is 1. The molecule has 2 rings (SSSR count). The number of morpholine rings is 1. The minimum absolute atomic E-state index is 0.0389. The first-order valence-corrected chi connectivity index (χ1v) is 10.6. The van der Waals surface area contributed by atoms with Crippen molar-refractivity contribution in [2.24, 2.45) is 0 Å². The van der Waals surface area contributed by atoms with Gasteiger partial charge in [-0.3, -0.25) is 4.79 Å². The van der Waals surface area contributed by atoms with Gasteiger partial charge in [-0.25, -0.2) is 13.1 Å². The van der Waals surface area contributed by atoms with Crippen LogP contribution in [-0.4, -0.2) is 60.3 Å². The van der Waals surface area contributed by atoms with Gasteiger partial charge in [0.2, 0.25) is 15.9 Å². The third-order valence-corrected chi connectivity index (χ3v) is 6.12. The molecule has 1 saturated heterocycles. The molecule has 0 saturated carbocycles. The van der Waals surface area contributed by atoms with Crippen molar-refractivity contribution in [1.29, 1.82) is 0 Å². The maximum absolute atomic E-state index is 12.3. The molecule has 0 atom stereocenters. The highest BCUT2D eigenvalue weighted by atomic mass is 32.2. The number of sulfonamides is 1. The van der Waals surface area contributed by atoms with E-state index >= 15 is 0 Å². The fraction of sp³-hybridized carbons (Fsp3) is 0.611. The van der Waals surface area contributed by atoms with Gasteiger partial charge in [0, 0.05) is 13.0 Å². The SMILES string of the molecule is Cc1ccc(S(=O)(=O)NCCCC(=O)NCC[NH+]2CCOCC2)cc1C. The Labute approximate surface area is 156 Å². The second-order valence-corrected chi connectivity index (χ2v) is 8.48. The molecule has 0 bridgehead atoms. The van der Waals surface area contributed by atoms with E-state index in [0.29, 0.717) is 19.4 Å².